The van der Waals surface area contributed by atoms with Crippen LogP contribution in [0.2, 0.25) is 0 Å². The quantitative estimate of drug-likeness (QED) is 0.524. The number of carbonyl (C=O) groups excluding carboxylic acids is 1. The lowest BCUT2D eigenvalue weighted by Crippen LogP contribution is -2.25. The predicted molar refractivity (Wildman–Crippen MR) is 50.0 cm³/mol. The minimum Gasteiger partial charge on any atom is -0.437 e. The molecule has 0 saturated carbocycles. The Morgan fingerprint density at radius 2 is 2.40 bits per heavy atom. The number of hydrogen-bond acceptors (Lipinski definition) is 6. The lowest BCUT2D eigenvalue weighted by atomic mass is 10.2. The van der Waals surface area contributed by atoms with E-state index in [9.17, 15) is 9.90 Å². The molecule has 0 aromatic rings. The van der Waals surface area contributed by atoms with Crippen molar-refractivity contribution in [2.75, 3.05) is 7.11 Å². The van der Waals surface area contributed by atoms with Gasteiger partial charge in [-0.05, 0) is 12.2 Å². The van der Waals surface area contributed by atoms with Crippen molar-refractivity contribution < 1.29 is 19.4 Å². The summed E-state index contributed by atoms with van der Waals surface area (Å²) in [6, 6.07) is 0. The highest BCUT2D eigenvalue weighted by Crippen LogP contribution is 2.24. The van der Waals surface area contributed by atoms with Crippen molar-refractivity contribution in [1.82, 2.24) is 10.6 Å². The second kappa shape index (κ2) is 3.66. The van der Waals surface area contributed by atoms with Gasteiger partial charge in [-0.2, -0.15) is 0 Å². The van der Waals surface area contributed by atoms with Crippen LogP contribution >= 0.6 is 0 Å². The molecule has 0 aromatic carbocycles. The number of carbonyl (C=O) groups is 1. The van der Waals surface area contributed by atoms with Gasteiger partial charge in [0.25, 0.3) is 0 Å². The van der Waals surface area contributed by atoms with Crippen LogP contribution in [0.5, 0.6) is 0 Å². The Balaban J connectivity index is 2.24. The lowest BCUT2D eigenvalue weighted by Gasteiger charge is -2.09. The first kappa shape index (κ1) is 9.60. The van der Waals surface area contributed by atoms with Crippen LogP contribution < -0.4 is 10.6 Å². The molecule has 2 heterocycles. The Hall–Kier alpha value is -1.95. The number of hydrogen-bond donors (Lipinski definition) is 3. The molecule has 3 N–H and O–H groups in total. The third-order valence-corrected chi connectivity index (χ3v) is 2.00. The highest BCUT2D eigenvalue weighted by atomic mass is 16.7. The maximum Gasteiger partial charge on any atom is 0.513 e. The number of aliphatic hydroxyl groups excluding tert-OH is 1. The molecule has 6 nitrogen and oxygen atoms in total. The van der Waals surface area contributed by atoms with Gasteiger partial charge in [-0.1, -0.05) is 0 Å². The first-order valence-electron chi connectivity index (χ1n) is 4.30. The van der Waals surface area contributed by atoms with Crippen molar-refractivity contribution in [2.45, 2.75) is 6.23 Å². The van der Waals surface area contributed by atoms with Gasteiger partial charge in [0.1, 0.15) is 5.70 Å². The fraction of sp³-hybridized carbons (Fsp3) is 0.222. The zero-order chi connectivity index (χ0) is 10.8. The number of allylic oxidation sites excluding steroid dienone is 2. The average molecular weight is 210 g/mol. The van der Waals surface area contributed by atoms with Crippen LogP contribution in [0.3, 0.4) is 0 Å². The van der Waals surface area contributed by atoms with E-state index < -0.39 is 12.4 Å². The summed E-state index contributed by atoms with van der Waals surface area (Å²) in [7, 11) is 1.20. The molecule has 80 valence electrons. The minimum absolute atomic E-state index is 0.109. The summed E-state index contributed by atoms with van der Waals surface area (Å²) >= 11 is 0. The summed E-state index contributed by atoms with van der Waals surface area (Å²) in [5.41, 5.74) is 1.21. The molecular formula is C9H10N2O4. The van der Waals surface area contributed by atoms with E-state index in [-0.39, 0.29) is 5.76 Å². The summed E-state index contributed by atoms with van der Waals surface area (Å²) in [4.78, 5) is 10.9. The molecule has 2 aliphatic heterocycles. The molecule has 0 bridgehead atoms. The molecule has 1 atom stereocenters. The third-order valence-electron chi connectivity index (χ3n) is 2.00. The van der Waals surface area contributed by atoms with Crippen LogP contribution in [0.4, 0.5) is 4.79 Å². The summed E-state index contributed by atoms with van der Waals surface area (Å²) in [6.07, 6.45) is 3.27. The van der Waals surface area contributed by atoms with Gasteiger partial charge >= 0.3 is 6.16 Å². The van der Waals surface area contributed by atoms with E-state index in [1.54, 1.807) is 18.4 Å². The van der Waals surface area contributed by atoms with Gasteiger partial charge in [0.05, 0.1) is 12.8 Å². The van der Waals surface area contributed by atoms with E-state index in [0.717, 1.165) is 0 Å². The molecule has 0 spiro atoms. The van der Waals surface area contributed by atoms with Crippen molar-refractivity contribution in [3.63, 3.8) is 0 Å². The van der Waals surface area contributed by atoms with E-state index in [1.807, 2.05) is 0 Å². The first-order chi connectivity index (χ1) is 7.22. The van der Waals surface area contributed by atoms with Crippen LogP contribution in [0.25, 0.3) is 0 Å². The molecule has 15 heavy (non-hydrogen) atoms. The molecular weight excluding hydrogens is 200 g/mol. The van der Waals surface area contributed by atoms with Crippen molar-refractivity contribution in [1.29, 1.82) is 0 Å². The van der Waals surface area contributed by atoms with Crippen LogP contribution in [-0.2, 0) is 9.47 Å². The third kappa shape index (κ3) is 1.66. The van der Waals surface area contributed by atoms with Crippen LogP contribution in [-0.4, -0.2) is 24.6 Å². The Morgan fingerprint density at radius 3 is 3.13 bits per heavy atom. The predicted octanol–water partition coefficient (Wildman–Crippen LogP) is -0.0966. The van der Waals surface area contributed by atoms with E-state index in [4.69, 9.17) is 4.74 Å². The molecule has 6 heteroatoms. The maximum atomic E-state index is 10.9. The molecule has 0 radical (unpaired) electrons. The maximum absolute atomic E-state index is 10.9. The SMILES string of the molecule is COC(=O)OC1=C2NC=CC=C2NC1O. The number of nitrogens with one attached hydrogen (secondary N) is 2. The van der Waals surface area contributed by atoms with Crippen LogP contribution in [0.15, 0.2) is 35.5 Å². The number of rotatable bonds is 1. The Labute approximate surface area is 85.9 Å². The molecule has 0 aliphatic carbocycles. The summed E-state index contributed by atoms with van der Waals surface area (Å²) in [5, 5.41) is 15.2. The number of dihydropyridines is 1. The Kier molecular flexibility index (Phi) is 2.34. The highest BCUT2D eigenvalue weighted by Gasteiger charge is 2.31. The molecule has 0 amide bonds. The van der Waals surface area contributed by atoms with Crippen molar-refractivity contribution in [3.05, 3.63) is 35.5 Å². The largest absolute Gasteiger partial charge is 0.513 e. The van der Waals surface area contributed by atoms with Gasteiger partial charge in [-0.25, -0.2) is 4.79 Å². The molecule has 1 unspecified atom stereocenters. The molecule has 2 rings (SSSR count). The second-order valence-corrected chi connectivity index (χ2v) is 2.93. The Bertz CT molecular complexity index is 384. The summed E-state index contributed by atoms with van der Waals surface area (Å²) in [5.74, 6) is 0.109. The number of aliphatic hydroxyl groups is 1. The molecule has 0 saturated heterocycles. The summed E-state index contributed by atoms with van der Waals surface area (Å²) < 4.78 is 9.15. The van der Waals surface area contributed by atoms with Crippen LogP contribution in [0, 0.1) is 0 Å². The fourth-order valence-electron chi connectivity index (χ4n) is 1.35. The molecule has 0 fully saturated rings. The standard InChI is InChI=1S/C9H10N2O4/c1-14-9(13)15-7-6-5(11-8(7)12)3-2-4-10-6/h2-4,8,10-12H,1H3. The molecule has 0 aromatic heterocycles. The normalized spacial score (nSPS) is 22.5. The zero-order valence-corrected chi connectivity index (χ0v) is 7.98. The Morgan fingerprint density at radius 1 is 1.60 bits per heavy atom. The van der Waals surface area contributed by atoms with E-state index in [2.05, 4.69) is 15.4 Å². The van der Waals surface area contributed by atoms with E-state index in [1.165, 1.54) is 7.11 Å². The summed E-state index contributed by atoms with van der Waals surface area (Å²) in [6.45, 7) is 0. The monoisotopic (exact) mass is 210 g/mol. The van der Waals surface area contributed by atoms with Gasteiger partial charge < -0.3 is 25.2 Å². The van der Waals surface area contributed by atoms with Crippen LogP contribution in [0.1, 0.15) is 0 Å². The topological polar surface area (TPSA) is 79.8 Å². The number of methoxy groups -OCH3 is 1. The van der Waals surface area contributed by atoms with Gasteiger partial charge in [0.15, 0.2) is 12.0 Å². The lowest BCUT2D eigenvalue weighted by molar-refractivity contribution is 0.0663. The van der Waals surface area contributed by atoms with Crippen molar-refractivity contribution in [2.24, 2.45) is 0 Å². The van der Waals surface area contributed by atoms with Gasteiger partial charge in [-0.3, -0.25) is 0 Å². The first-order valence-corrected chi connectivity index (χ1v) is 4.30. The number of fused-ring (bicyclic) bond motifs is 1. The van der Waals surface area contributed by atoms with E-state index >= 15 is 0 Å². The van der Waals surface area contributed by atoms with Gasteiger partial charge in [0, 0.05) is 6.20 Å². The number of ether oxygens (including phenoxy) is 2. The van der Waals surface area contributed by atoms with Crippen molar-refractivity contribution in [3.8, 4) is 0 Å². The average Bonchev–Trinajstić information content (AvgIpc) is 2.55. The van der Waals surface area contributed by atoms with Gasteiger partial charge in [-0.15, -0.1) is 0 Å². The smallest absolute Gasteiger partial charge is 0.437 e. The molecule has 2 aliphatic rings. The van der Waals surface area contributed by atoms with E-state index in [0.29, 0.717) is 11.4 Å². The highest BCUT2D eigenvalue weighted by molar-refractivity contribution is 5.62. The zero-order valence-electron chi connectivity index (χ0n) is 7.98. The van der Waals surface area contributed by atoms with Gasteiger partial charge in [0.2, 0.25) is 0 Å². The minimum atomic E-state index is -1.04. The fourth-order valence-corrected chi connectivity index (χ4v) is 1.35. The van der Waals surface area contributed by atoms with Crippen molar-refractivity contribution >= 4 is 6.16 Å². The second-order valence-electron chi connectivity index (χ2n) is 2.93.